The highest BCUT2D eigenvalue weighted by Gasteiger charge is 2.41. The molecule has 0 aromatic heterocycles. The van der Waals surface area contributed by atoms with Crippen LogP contribution in [0.1, 0.15) is 46.0 Å². The van der Waals surface area contributed by atoms with Crippen LogP contribution >= 0.6 is 0 Å². The molecule has 96 valence electrons. The van der Waals surface area contributed by atoms with E-state index in [-0.39, 0.29) is 12.2 Å². The molecule has 2 atom stereocenters. The van der Waals surface area contributed by atoms with Crippen LogP contribution in [0.2, 0.25) is 0 Å². The van der Waals surface area contributed by atoms with Crippen LogP contribution in [0, 0.1) is 11.8 Å². The average Bonchev–Trinajstić information content (AvgIpc) is 2.29. The Kier molecular flexibility index (Phi) is 5.73. The smallest absolute Gasteiger partial charge is 0.0834 e. The Morgan fingerprint density at radius 1 is 1.44 bits per heavy atom. The fourth-order valence-electron chi connectivity index (χ4n) is 3.01. The Balaban J connectivity index is 2.63. The van der Waals surface area contributed by atoms with E-state index < -0.39 is 0 Å². The topological polar surface area (TPSA) is 55.5 Å². The van der Waals surface area contributed by atoms with Crippen molar-refractivity contribution in [3.63, 3.8) is 0 Å². The summed E-state index contributed by atoms with van der Waals surface area (Å²) in [7, 11) is 0. The van der Waals surface area contributed by atoms with Gasteiger partial charge in [0.2, 0.25) is 0 Å². The number of hydrogen-bond acceptors (Lipinski definition) is 3. The summed E-state index contributed by atoms with van der Waals surface area (Å²) in [4.78, 5) is 0. The third-order valence-corrected chi connectivity index (χ3v) is 3.88. The van der Waals surface area contributed by atoms with Crippen LogP contribution in [0.4, 0.5) is 0 Å². The highest BCUT2D eigenvalue weighted by molar-refractivity contribution is 4.94. The molecule has 1 fully saturated rings. The van der Waals surface area contributed by atoms with E-state index in [1.807, 2.05) is 0 Å². The first-order valence-corrected chi connectivity index (χ1v) is 6.61. The molecule has 0 bridgehead atoms. The molecule has 0 saturated heterocycles. The van der Waals surface area contributed by atoms with Crippen molar-refractivity contribution in [3.05, 3.63) is 0 Å². The maximum Gasteiger partial charge on any atom is 0.0834 e. The zero-order chi connectivity index (χ0) is 12.0. The Morgan fingerprint density at radius 3 is 2.75 bits per heavy atom. The first kappa shape index (κ1) is 13.9. The van der Waals surface area contributed by atoms with Crippen molar-refractivity contribution in [2.45, 2.75) is 51.6 Å². The maximum absolute atomic E-state index is 8.82. The molecule has 0 radical (unpaired) electrons. The molecule has 1 aliphatic carbocycles. The Bertz CT molecular complexity index is 196. The molecule has 2 unspecified atom stereocenters. The van der Waals surface area contributed by atoms with Gasteiger partial charge in [0.1, 0.15) is 0 Å². The van der Waals surface area contributed by atoms with E-state index >= 15 is 0 Å². The zero-order valence-electron chi connectivity index (χ0n) is 10.7. The molecule has 0 spiro atoms. The van der Waals surface area contributed by atoms with E-state index in [9.17, 15) is 0 Å². The minimum absolute atomic E-state index is 0.123. The van der Waals surface area contributed by atoms with Gasteiger partial charge in [-0.15, -0.1) is 0 Å². The average molecular weight is 229 g/mol. The molecule has 1 saturated carbocycles. The van der Waals surface area contributed by atoms with E-state index in [4.69, 9.17) is 15.6 Å². The molecule has 3 N–H and O–H groups in total. The minimum Gasteiger partial charge on any atom is -0.396 e. The summed E-state index contributed by atoms with van der Waals surface area (Å²) in [5, 5.41) is 8.82. The van der Waals surface area contributed by atoms with E-state index in [1.54, 1.807) is 0 Å². The summed E-state index contributed by atoms with van der Waals surface area (Å²) in [5.41, 5.74) is 5.84. The molecule has 3 heteroatoms. The van der Waals surface area contributed by atoms with Gasteiger partial charge in [-0.1, -0.05) is 26.7 Å². The zero-order valence-corrected chi connectivity index (χ0v) is 10.7. The number of aliphatic hydroxyl groups is 1. The van der Waals surface area contributed by atoms with Crippen LogP contribution in [0.25, 0.3) is 0 Å². The molecule has 3 nitrogen and oxygen atoms in total. The molecular weight excluding hydrogens is 202 g/mol. The van der Waals surface area contributed by atoms with Gasteiger partial charge in [0, 0.05) is 19.8 Å². The van der Waals surface area contributed by atoms with Crippen molar-refractivity contribution in [3.8, 4) is 0 Å². The predicted molar refractivity (Wildman–Crippen MR) is 66.2 cm³/mol. The largest absolute Gasteiger partial charge is 0.396 e. The van der Waals surface area contributed by atoms with Crippen LogP contribution < -0.4 is 5.73 Å². The summed E-state index contributed by atoms with van der Waals surface area (Å²) >= 11 is 0. The van der Waals surface area contributed by atoms with E-state index in [2.05, 4.69) is 13.8 Å². The van der Waals surface area contributed by atoms with Gasteiger partial charge in [-0.2, -0.15) is 0 Å². The molecule has 0 aliphatic heterocycles. The lowest BCUT2D eigenvalue weighted by Gasteiger charge is -2.45. The van der Waals surface area contributed by atoms with Crippen LogP contribution in [0.3, 0.4) is 0 Å². The fourth-order valence-corrected chi connectivity index (χ4v) is 3.01. The third kappa shape index (κ3) is 3.19. The molecule has 16 heavy (non-hydrogen) atoms. The van der Waals surface area contributed by atoms with Gasteiger partial charge in [-0.3, -0.25) is 0 Å². The molecule has 0 amide bonds. The van der Waals surface area contributed by atoms with Crippen molar-refractivity contribution in [2.75, 3.05) is 19.8 Å². The van der Waals surface area contributed by atoms with Gasteiger partial charge in [0.05, 0.1) is 5.60 Å². The lowest BCUT2D eigenvalue weighted by Crippen LogP contribution is -2.51. The third-order valence-electron chi connectivity index (χ3n) is 3.88. The van der Waals surface area contributed by atoms with Crippen molar-refractivity contribution < 1.29 is 9.84 Å². The monoisotopic (exact) mass is 229 g/mol. The van der Waals surface area contributed by atoms with Crippen molar-refractivity contribution in [1.29, 1.82) is 0 Å². The fraction of sp³-hybridized carbons (Fsp3) is 1.00. The molecule has 1 rings (SSSR count). The number of hydrogen-bond donors (Lipinski definition) is 2. The van der Waals surface area contributed by atoms with Crippen LogP contribution in [-0.4, -0.2) is 30.5 Å². The summed E-state index contributed by atoms with van der Waals surface area (Å²) < 4.78 is 6.05. The van der Waals surface area contributed by atoms with Crippen LogP contribution in [-0.2, 0) is 4.74 Å². The van der Waals surface area contributed by atoms with E-state index in [1.165, 1.54) is 19.3 Å². The lowest BCUT2D eigenvalue weighted by atomic mass is 9.70. The van der Waals surface area contributed by atoms with Gasteiger partial charge in [0.25, 0.3) is 0 Å². The second kappa shape index (κ2) is 6.58. The second-order valence-electron chi connectivity index (χ2n) is 5.29. The Labute approximate surface area is 99.4 Å². The quantitative estimate of drug-likeness (QED) is 0.684. The predicted octanol–water partition coefficient (Wildman–Crippen LogP) is 1.93. The van der Waals surface area contributed by atoms with Gasteiger partial charge in [-0.25, -0.2) is 0 Å². The van der Waals surface area contributed by atoms with Gasteiger partial charge >= 0.3 is 0 Å². The normalized spacial score (nSPS) is 30.9. The first-order chi connectivity index (χ1) is 7.66. The highest BCUT2D eigenvalue weighted by Crippen LogP contribution is 2.40. The van der Waals surface area contributed by atoms with Crippen molar-refractivity contribution in [2.24, 2.45) is 17.6 Å². The first-order valence-electron chi connectivity index (χ1n) is 6.61. The standard InChI is InChI=1S/C13H27NO2/c1-11(2)12-6-3-4-7-13(12,10-14)16-9-5-8-15/h11-12,15H,3-10,14H2,1-2H3. The molecule has 0 aromatic carbocycles. The number of ether oxygens (including phenoxy) is 1. The number of rotatable bonds is 6. The summed E-state index contributed by atoms with van der Waals surface area (Å²) in [6.45, 7) is 5.97. The number of aliphatic hydroxyl groups excluding tert-OH is 1. The molecule has 0 aromatic rings. The minimum atomic E-state index is -0.123. The van der Waals surface area contributed by atoms with Gasteiger partial charge in [-0.05, 0) is 31.1 Å². The molecule has 0 heterocycles. The second-order valence-corrected chi connectivity index (χ2v) is 5.29. The van der Waals surface area contributed by atoms with Crippen LogP contribution in [0.15, 0.2) is 0 Å². The van der Waals surface area contributed by atoms with E-state index in [0.29, 0.717) is 31.4 Å². The summed E-state index contributed by atoms with van der Waals surface area (Å²) in [6, 6.07) is 0. The SMILES string of the molecule is CC(C)C1CCCCC1(CN)OCCCO. The molecule has 1 aliphatic rings. The Hall–Kier alpha value is -0.120. The highest BCUT2D eigenvalue weighted by atomic mass is 16.5. The maximum atomic E-state index is 8.82. The summed E-state index contributed by atoms with van der Waals surface area (Å²) in [6.07, 6.45) is 5.55. The van der Waals surface area contributed by atoms with Gasteiger partial charge < -0.3 is 15.6 Å². The van der Waals surface area contributed by atoms with Crippen LogP contribution in [0.5, 0.6) is 0 Å². The van der Waals surface area contributed by atoms with Crippen molar-refractivity contribution >= 4 is 0 Å². The van der Waals surface area contributed by atoms with Gasteiger partial charge in [0.15, 0.2) is 0 Å². The Morgan fingerprint density at radius 2 is 2.19 bits per heavy atom. The van der Waals surface area contributed by atoms with Crippen molar-refractivity contribution in [1.82, 2.24) is 0 Å². The molecular formula is C13H27NO2. The van der Waals surface area contributed by atoms with E-state index in [0.717, 1.165) is 6.42 Å². The number of nitrogens with two attached hydrogens (primary N) is 1. The summed E-state index contributed by atoms with van der Waals surface area (Å²) in [5.74, 6) is 1.20. The lowest BCUT2D eigenvalue weighted by molar-refractivity contribution is -0.116.